The van der Waals surface area contributed by atoms with Crippen LogP contribution in [0.4, 0.5) is 26.3 Å². The van der Waals surface area contributed by atoms with Crippen LogP contribution in [0.3, 0.4) is 0 Å². The number of rotatable bonds is 7. The molecule has 0 aliphatic carbocycles. The van der Waals surface area contributed by atoms with E-state index in [-0.39, 0.29) is 0 Å². The van der Waals surface area contributed by atoms with Gasteiger partial charge in [0, 0.05) is 6.07 Å². The van der Waals surface area contributed by atoms with Gasteiger partial charge in [0.2, 0.25) is 0 Å². The lowest BCUT2D eigenvalue weighted by molar-refractivity contribution is -0.274. The normalized spacial score (nSPS) is 13.3. The molecule has 0 aliphatic rings. The fraction of sp³-hybridized carbons (Fsp3) is 0.188. The summed E-state index contributed by atoms with van der Waals surface area (Å²) in [4.78, 5) is 11.4. The number of carboxylic acid groups (broad SMARTS) is 1. The Bertz CT molecular complexity index is 964. The van der Waals surface area contributed by atoms with Crippen LogP contribution in [0, 0.1) is 5.82 Å². The van der Waals surface area contributed by atoms with Gasteiger partial charge in [0.1, 0.15) is 17.1 Å². The minimum atomic E-state index is -5.13. The van der Waals surface area contributed by atoms with Gasteiger partial charge >= 0.3 is 18.9 Å². The summed E-state index contributed by atoms with van der Waals surface area (Å²) >= 11 is 0. The second-order valence-corrected chi connectivity index (χ2v) is 4.79. The van der Waals surface area contributed by atoms with Crippen molar-refractivity contribution in [2.75, 3.05) is 7.04 Å². The maximum Gasteiger partial charge on any atom is 0.573 e. The number of hydrogen-bond donors (Lipinski definition) is 1. The van der Waals surface area contributed by atoms with Crippen LogP contribution in [0.5, 0.6) is 28.7 Å². The van der Waals surface area contributed by atoms with Crippen LogP contribution >= 0.6 is 0 Å². The van der Waals surface area contributed by atoms with Crippen molar-refractivity contribution in [3.8, 4) is 28.7 Å². The molecule has 0 heterocycles. The van der Waals surface area contributed by atoms with Crippen molar-refractivity contribution >= 4 is 5.97 Å². The summed E-state index contributed by atoms with van der Waals surface area (Å²) in [5, 5.41) is 9.18. The molecule has 0 spiro atoms. The van der Waals surface area contributed by atoms with Gasteiger partial charge in [0.25, 0.3) is 0 Å². The Kier molecular flexibility index (Phi) is 4.90. The van der Waals surface area contributed by atoms with E-state index in [0.29, 0.717) is 24.3 Å². The van der Waals surface area contributed by atoms with E-state index < -0.39 is 66.1 Å². The van der Waals surface area contributed by atoms with Crippen LogP contribution < -0.4 is 18.9 Å². The van der Waals surface area contributed by atoms with E-state index in [1.165, 1.54) is 0 Å². The van der Waals surface area contributed by atoms with Gasteiger partial charge in [-0.2, -0.15) is 8.78 Å². The van der Waals surface area contributed by atoms with E-state index in [1.807, 2.05) is 0 Å². The monoisotopic (exact) mass is 415 g/mol. The standard InChI is InChI=1S/C16H10F6O6/c1-25-11-6-7(28-16(20,21)22)2-3-8(11)26-9-4-5-10(27-15(18)19)13(17)12(9)14(23)24/h2-6,15H,1H3,(H,23,24)/i1D3. The second-order valence-electron chi connectivity index (χ2n) is 4.79. The highest BCUT2D eigenvalue weighted by molar-refractivity contribution is 5.92. The Balaban J connectivity index is 2.51. The zero-order valence-corrected chi connectivity index (χ0v) is 13.2. The molecule has 1 N–H and O–H groups in total. The van der Waals surface area contributed by atoms with E-state index in [1.54, 1.807) is 0 Å². The third-order valence-electron chi connectivity index (χ3n) is 2.98. The predicted molar refractivity (Wildman–Crippen MR) is 79.7 cm³/mol. The van der Waals surface area contributed by atoms with Crippen molar-refractivity contribution in [2.45, 2.75) is 13.0 Å². The van der Waals surface area contributed by atoms with Gasteiger partial charge in [-0.15, -0.1) is 13.2 Å². The highest BCUT2D eigenvalue weighted by Gasteiger charge is 2.31. The number of methoxy groups -OCH3 is 1. The first kappa shape index (κ1) is 16.8. The highest BCUT2D eigenvalue weighted by Crippen LogP contribution is 2.39. The SMILES string of the molecule is [2H]C([2H])([2H])Oc1cc(OC(F)(F)F)ccc1Oc1ccc(OC(F)F)c(F)c1C(=O)O. The molecule has 152 valence electrons. The number of carboxylic acids is 1. The Morgan fingerprint density at radius 1 is 1.11 bits per heavy atom. The third-order valence-corrected chi connectivity index (χ3v) is 2.98. The van der Waals surface area contributed by atoms with Crippen LogP contribution in [-0.2, 0) is 0 Å². The van der Waals surface area contributed by atoms with E-state index >= 15 is 0 Å². The third kappa shape index (κ3) is 5.11. The summed E-state index contributed by atoms with van der Waals surface area (Å²) in [6.07, 6.45) is -5.13. The average Bonchev–Trinajstić information content (AvgIpc) is 2.56. The topological polar surface area (TPSA) is 74.2 Å². The smallest absolute Gasteiger partial charge is 0.493 e. The van der Waals surface area contributed by atoms with Gasteiger partial charge in [-0.05, 0) is 24.3 Å². The molecule has 6 nitrogen and oxygen atoms in total. The molecule has 28 heavy (non-hydrogen) atoms. The lowest BCUT2D eigenvalue weighted by Crippen LogP contribution is -2.17. The van der Waals surface area contributed by atoms with Crippen LogP contribution in [0.25, 0.3) is 0 Å². The molecule has 2 aromatic carbocycles. The number of aromatic carboxylic acids is 1. The van der Waals surface area contributed by atoms with Crippen LogP contribution in [-0.4, -0.2) is 31.1 Å². The predicted octanol–water partition coefficient (Wildman–Crippen LogP) is 4.82. The Morgan fingerprint density at radius 2 is 1.75 bits per heavy atom. The Hall–Kier alpha value is -3.31. The van der Waals surface area contributed by atoms with Crippen molar-refractivity contribution in [1.29, 1.82) is 0 Å². The summed E-state index contributed by atoms with van der Waals surface area (Å²) in [5.74, 6) is -8.02. The highest BCUT2D eigenvalue weighted by atomic mass is 19.4. The molecular weight excluding hydrogens is 402 g/mol. The number of halogens is 6. The fourth-order valence-corrected chi connectivity index (χ4v) is 1.98. The quantitative estimate of drug-likeness (QED) is 0.654. The van der Waals surface area contributed by atoms with E-state index in [9.17, 15) is 36.2 Å². The summed E-state index contributed by atoms with van der Waals surface area (Å²) < 4.78 is 114. The average molecular weight is 415 g/mol. The molecule has 0 amide bonds. The minimum Gasteiger partial charge on any atom is -0.493 e. The molecule has 0 atom stereocenters. The number of carbonyl (C=O) groups is 1. The number of benzene rings is 2. The molecule has 2 aromatic rings. The Morgan fingerprint density at radius 3 is 2.32 bits per heavy atom. The Labute approximate surface area is 157 Å². The van der Waals surface area contributed by atoms with Gasteiger partial charge in [0.05, 0.1) is 11.2 Å². The maximum atomic E-state index is 14.3. The molecule has 0 unspecified atom stereocenters. The second kappa shape index (κ2) is 8.15. The van der Waals surface area contributed by atoms with E-state index in [4.69, 9.17) is 8.85 Å². The van der Waals surface area contributed by atoms with Crippen molar-refractivity contribution in [3.05, 3.63) is 41.7 Å². The summed E-state index contributed by atoms with van der Waals surface area (Å²) in [5.41, 5.74) is -1.27. The molecule has 0 fully saturated rings. The molecule has 0 saturated carbocycles. The van der Waals surface area contributed by atoms with E-state index in [0.717, 1.165) is 6.07 Å². The molecule has 0 radical (unpaired) electrons. The van der Waals surface area contributed by atoms with Gasteiger partial charge in [0.15, 0.2) is 23.1 Å². The lowest BCUT2D eigenvalue weighted by Gasteiger charge is -2.15. The van der Waals surface area contributed by atoms with Crippen molar-refractivity contribution in [3.63, 3.8) is 0 Å². The molecule has 2 rings (SSSR count). The van der Waals surface area contributed by atoms with Crippen molar-refractivity contribution in [2.24, 2.45) is 0 Å². The molecule has 0 aromatic heterocycles. The first-order chi connectivity index (χ1) is 14.2. The van der Waals surface area contributed by atoms with Gasteiger partial charge in [-0.1, -0.05) is 0 Å². The fourth-order valence-electron chi connectivity index (χ4n) is 1.98. The number of hydrogen-bond acceptors (Lipinski definition) is 5. The number of ether oxygens (including phenoxy) is 4. The van der Waals surface area contributed by atoms with Gasteiger partial charge in [-0.25, -0.2) is 9.18 Å². The van der Waals surface area contributed by atoms with E-state index in [2.05, 4.69) is 14.2 Å². The van der Waals surface area contributed by atoms with Gasteiger partial charge < -0.3 is 24.1 Å². The van der Waals surface area contributed by atoms with Crippen molar-refractivity contribution < 1.29 is 59.3 Å². The lowest BCUT2D eigenvalue weighted by atomic mass is 10.1. The molecule has 0 saturated heterocycles. The molecule has 0 bridgehead atoms. The molecule has 12 heteroatoms. The van der Waals surface area contributed by atoms with Crippen LogP contribution in [0.15, 0.2) is 30.3 Å². The summed E-state index contributed by atoms with van der Waals surface area (Å²) in [7, 11) is -3.18. The maximum absolute atomic E-state index is 14.3. The zero-order valence-electron chi connectivity index (χ0n) is 16.2. The molecule has 0 aliphatic heterocycles. The number of alkyl halides is 5. The van der Waals surface area contributed by atoms with Gasteiger partial charge in [-0.3, -0.25) is 0 Å². The molecular formula is C16H10F6O6. The van der Waals surface area contributed by atoms with Crippen LogP contribution in [0.2, 0.25) is 0 Å². The first-order valence-electron chi connectivity index (χ1n) is 8.43. The van der Waals surface area contributed by atoms with Crippen LogP contribution in [0.1, 0.15) is 14.5 Å². The van der Waals surface area contributed by atoms with Crippen molar-refractivity contribution in [1.82, 2.24) is 0 Å². The first-order valence-corrected chi connectivity index (χ1v) is 6.93. The zero-order chi connectivity index (χ0) is 23.6. The minimum absolute atomic E-state index is 0.486. The largest absolute Gasteiger partial charge is 0.573 e. The summed E-state index contributed by atoms with van der Waals surface area (Å²) in [6, 6.07) is 3.22. The summed E-state index contributed by atoms with van der Waals surface area (Å²) in [6.45, 7) is -3.47.